The summed E-state index contributed by atoms with van der Waals surface area (Å²) in [6, 6.07) is 16.7. The van der Waals surface area contributed by atoms with Crippen LogP contribution < -0.4 is 36.9 Å². The van der Waals surface area contributed by atoms with Crippen LogP contribution in [0.15, 0.2) is 90.5 Å². The van der Waals surface area contributed by atoms with Gasteiger partial charge < -0.3 is 25.4 Å². The predicted octanol–water partition coefficient (Wildman–Crippen LogP) is 7.51. The number of rotatable bonds is 15. The number of nitrogens with zero attached hydrogens (tertiary/aromatic N) is 4. The fraction of sp³-hybridized carbons (Fsp3) is 0.308. The average Bonchev–Trinajstić information content (AvgIpc) is 3.58. The van der Waals surface area contributed by atoms with E-state index in [1.54, 1.807) is 24.6 Å². The number of pyridine rings is 1. The lowest BCUT2D eigenvalue weighted by Crippen LogP contribution is -2.42. The summed E-state index contributed by atoms with van der Waals surface area (Å²) in [6.07, 6.45) is 7.46. The van der Waals surface area contributed by atoms with Gasteiger partial charge in [-0.05, 0) is 66.6 Å². The van der Waals surface area contributed by atoms with Crippen LogP contribution in [0.25, 0.3) is 10.8 Å². The van der Waals surface area contributed by atoms with Crippen molar-refractivity contribution in [1.82, 2.24) is 25.6 Å². The molecule has 3 aromatic heterocycles. The zero-order valence-corrected chi connectivity index (χ0v) is 31.7. The van der Waals surface area contributed by atoms with E-state index >= 15 is 0 Å². The number of aryl methyl sites for hydroxylation is 1. The molecule has 2 aromatic carbocycles. The van der Waals surface area contributed by atoms with E-state index in [0.29, 0.717) is 42.0 Å². The molecule has 5 aromatic rings. The summed E-state index contributed by atoms with van der Waals surface area (Å²) in [7, 11) is 1.57. The number of hydrogen-bond acceptors (Lipinski definition) is 11. The zero-order chi connectivity index (χ0) is 38.0. The van der Waals surface area contributed by atoms with Crippen molar-refractivity contribution in [1.29, 1.82) is 0 Å². The fourth-order valence-electron chi connectivity index (χ4n) is 5.62. The quantitative estimate of drug-likeness (QED) is 0.0412. The van der Waals surface area contributed by atoms with Crippen molar-refractivity contribution in [2.75, 3.05) is 35.9 Å². The summed E-state index contributed by atoms with van der Waals surface area (Å²) in [5.74, 6) is 8.56. The van der Waals surface area contributed by atoms with Crippen LogP contribution in [0.5, 0.6) is 5.75 Å². The van der Waals surface area contributed by atoms with E-state index in [1.807, 2.05) is 73.0 Å². The largest absolute Gasteiger partial charge is 0.488 e. The second-order valence-electron chi connectivity index (χ2n) is 13.5. The highest BCUT2D eigenvalue weighted by atomic mass is 32.1. The number of anilines is 4. The Morgan fingerprint density at radius 3 is 2.49 bits per heavy atom. The van der Waals surface area contributed by atoms with Gasteiger partial charge in [-0.2, -0.15) is 0 Å². The molecule has 278 valence electrons. The van der Waals surface area contributed by atoms with Gasteiger partial charge in [0.05, 0.1) is 30.4 Å². The summed E-state index contributed by atoms with van der Waals surface area (Å²) in [5.41, 5.74) is 2.45. The van der Waals surface area contributed by atoms with E-state index in [9.17, 15) is 9.59 Å². The van der Waals surface area contributed by atoms with Gasteiger partial charge in [-0.3, -0.25) is 15.1 Å². The van der Waals surface area contributed by atoms with E-state index < -0.39 is 6.03 Å². The molecule has 0 fully saturated rings. The Bertz CT molecular complexity index is 2040. The van der Waals surface area contributed by atoms with Crippen molar-refractivity contribution in [2.45, 2.75) is 47.6 Å². The molecule has 0 aliphatic carbocycles. The minimum absolute atomic E-state index is 0.0319. The van der Waals surface area contributed by atoms with E-state index in [0.717, 1.165) is 33.3 Å². The number of hydrogen-bond donors (Lipinski definition) is 5. The highest BCUT2D eigenvalue weighted by Gasteiger charge is 2.24. The van der Waals surface area contributed by atoms with Crippen LogP contribution in [0.3, 0.4) is 0 Å². The van der Waals surface area contributed by atoms with Crippen LogP contribution in [0, 0.1) is 18.3 Å². The molecule has 1 atom stereocenters. The predicted molar refractivity (Wildman–Crippen MR) is 211 cm³/mol. The third-order valence-corrected chi connectivity index (χ3v) is 9.34. The maximum Gasteiger partial charge on any atom is 0.324 e. The van der Waals surface area contributed by atoms with Crippen LogP contribution in [0.2, 0.25) is 0 Å². The van der Waals surface area contributed by atoms with Crippen LogP contribution >= 0.6 is 11.3 Å². The summed E-state index contributed by atoms with van der Waals surface area (Å²) < 4.78 is 11.2. The molecule has 0 aliphatic heterocycles. The third kappa shape index (κ3) is 10.5. The smallest absolute Gasteiger partial charge is 0.324 e. The first-order valence-electron chi connectivity index (χ1n) is 17.3. The molecule has 3 heterocycles. The van der Waals surface area contributed by atoms with Crippen LogP contribution in [-0.4, -0.2) is 47.2 Å². The number of benzene rings is 2. The van der Waals surface area contributed by atoms with Gasteiger partial charge in [-0.25, -0.2) is 25.6 Å². The number of nitrogens with one attached hydrogen (secondary N) is 4. The number of aromatic nitrogens is 3. The minimum Gasteiger partial charge on any atom is -0.488 e. The number of thiophene rings is 1. The molecule has 0 bridgehead atoms. The number of urea groups is 1. The summed E-state index contributed by atoms with van der Waals surface area (Å²) in [5, 5.41) is 17.0. The first-order valence-corrected chi connectivity index (χ1v) is 18.2. The lowest BCUT2D eigenvalue weighted by molar-refractivity contribution is 0.0931. The molecule has 13 nitrogen and oxygen atoms in total. The summed E-state index contributed by atoms with van der Waals surface area (Å²) >= 11 is 1.60. The van der Waals surface area contributed by atoms with Gasteiger partial charge >= 0.3 is 6.03 Å². The lowest BCUT2D eigenvalue weighted by atomic mass is 9.79. The molecule has 14 heteroatoms. The van der Waals surface area contributed by atoms with Crippen molar-refractivity contribution in [3.05, 3.63) is 107 Å². The zero-order valence-electron chi connectivity index (χ0n) is 30.9. The molecule has 0 aliphatic rings. The number of fused-ring (bicyclic) bond motifs is 1. The minimum atomic E-state index is -0.414. The Balaban J connectivity index is 1.27. The summed E-state index contributed by atoms with van der Waals surface area (Å²) in [6.45, 7) is 11.7. The van der Waals surface area contributed by atoms with Gasteiger partial charge in [-0.15, -0.1) is 11.3 Å². The van der Waals surface area contributed by atoms with Crippen molar-refractivity contribution in [3.8, 4) is 5.75 Å². The highest BCUT2D eigenvalue weighted by Crippen LogP contribution is 2.34. The molecule has 0 saturated heterocycles. The number of hydrazine groups is 1. The first-order chi connectivity index (χ1) is 25.4. The lowest BCUT2D eigenvalue weighted by Gasteiger charge is -2.30. The van der Waals surface area contributed by atoms with Crippen LogP contribution in [-0.2, 0) is 11.3 Å². The normalized spacial score (nSPS) is 12.2. The Hall–Kier alpha value is -5.57. The Labute approximate surface area is 314 Å². The van der Waals surface area contributed by atoms with Crippen molar-refractivity contribution in [3.63, 3.8) is 0 Å². The Morgan fingerprint density at radius 2 is 1.81 bits per heavy atom. The van der Waals surface area contributed by atoms with E-state index in [2.05, 4.69) is 63.9 Å². The third-order valence-electron chi connectivity index (χ3n) is 8.49. The standard InChI is InChI=1S/C39H47N9O4S/c1-7-27(39(3,4)5)20-36(48(40)28-18-25(2)53-24-28)47-38(50)45-31-12-13-33(30-11-9-8-10-29(30)31)52-23-26-14-15-41-34(19-26)46-35-22-43-32(21-44-35)37(49)42-16-17-51-6/h8-15,18-22,24,27H,7,16-17,23,40H2,1-6H3,(H,42,49)(H,41,44,46)(H2,45,47,50)/b36-20-. The molecule has 53 heavy (non-hydrogen) atoms. The van der Waals surface area contributed by atoms with E-state index in [4.69, 9.17) is 15.3 Å². The van der Waals surface area contributed by atoms with Crippen LogP contribution in [0.4, 0.5) is 27.8 Å². The highest BCUT2D eigenvalue weighted by molar-refractivity contribution is 7.10. The monoisotopic (exact) mass is 737 g/mol. The molecule has 0 spiro atoms. The summed E-state index contributed by atoms with van der Waals surface area (Å²) in [4.78, 5) is 39.8. The second-order valence-corrected chi connectivity index (χ2v) is 14.6. The number of ether oxygens (including phenoxy) is 2. The fourth-order valence-corrected chi connectivity index (χ4v) is 6.29. The van der Waals surface area contributed by atoms with Crippen molar-refractivity contribution >= 4 is 57.1 Å². The molecular weight excluding hydrogens is 691 g/mol. The van der Waals surface area contributed by atoms with Crippen molar-refractivity contribution < 1.29 is 19.1 Å². The topological polar surface area (TPSA) is 169 Å². The molecule has 0 saturated carbocycles. The van der Waals surface area contributed by atoms with Gasteiger partial charge in [0, 0.05) is 40.9 Å². The van der Waals surface area contributed by atoms with Gasteiger partial charge in [0.25, 0.3) is 5.91 Å². The van der Waals surface area contributed by atoms with Gasteiger partial charge in [0.2, 0.25) is 0 Å². The number of amides is 3. The number of nitrogens with two attached hydrogens (primary N) is 1. The number of allylic oxidation sites excluding steroid dienone is 1. The molecule has 0 radical (unpaired) electrons. The van der Waals surface area contributed by atoms with Gasteiger partial charge in [0.15, 0.2) is 0 Å². The van der Waals surface area contributed by atoms with Crippen LogP contribution in [0.1, 0.15) is 55.0 Å². The first kappa shape index (κ1) is 38.7. The number of carbonyl (C=O) groups is 2. The molecule has 5 rings (SSSR count). The van der Waals surface area contributed by atoms with E-state index in [1.165, 1.54) is 17.4 Å². The molecular formula is C39H47N9O4S. The van der Waals surface area contributed by atoms with E-state index in [-0.39, 0.29) is 29.5 Å². The molecule has 3 amide bonds. The SMILES string of the molecule is CCC(/C=C(/NC(=O)Nc1ccc(OCc2ccnc(Nc3cnc(C(=O)NCCOC)cn3)c2)c2ccccc12)N(N)c1csc(C)c1)C(C)(C)C. The number of carbonyl (C=O) groups excluding carboxylic acids is 2. The number of methoxy groups -OCH3 is 1. The Morgan fingerprint density at radius 1 is 1.02 bits per heavy atom. The average molecular weight is 738 g/mol. The van der Waals surface area contributed by atoms with Crippen molar-refractivity contribution in [2.24, 2.45) is 17.2 Å². The molecule has 1 unspecified atom stereocenters. The Kier molecular flexibility index (Phi) is 13.0. The van der Waals surface area contributed by atoms with Gasteiger partial charge in [0.1, 0.15) is 35.5 Å². The maximum atomic E-state index is 13.6. The maximum absolute atomic E-state index is 13.6. The van der Waals surface area contributed by atoms with Gasteiger partial charge in [-0.1, -0.05) is 52.0 Å². The molecule has 6 N–H and O–H groups in total. The second kappa shape index (κ2) is 17.8.